The summed E-state index contributed by atoms with van der Waals surface area (Å²) in [5, 5.41) is 12.9. The van der Waals surface area contributed by atoms with Crippen molar-refractivity contribution >= 4 is 0 Å². The van der Waals surface area contributed by atoms with Gasteiger partial charge >= 0.3 is 0 Å². The summed E-state index contributed by atoms with van der Waals surface area (Å²) in [6.45, 7) is 3.41. The number of benzene rings is 1. The third kappa shape index (κ3) is 3.60. The van der Waals surface area contributed by atoms with E-state index >= 15 is 0 Å². The summed E-state index contributed by atoms with van der Waals surface area (Å²) >= 11 is 0. The normalized spacial score (nSPS) is 19.7. The molecule has 2 rings (SSSR count). The molecule has 18 heavy (non-hydrogen) atoms. The maximum Gasteiger partial charge on any atom is 0.160 e. The highest BCUT2D eigenvalue weighted by Gasteiger charge is 2.13. The lowest BCUT2D eigenvalue weighted by atomic mass is 10.2. The van der Waals surface area contributed by atoms with Gasteiger partial charge in [0, 0.05) is 13.1 Å². The van der Waals surface area contributed by atoms with Crippen LogP contribution in [0.4, 0.5) is 0 Å². The molecule has 1 saturated heterocycles. The number of aromatic hydroxyl groups is 1. The van der Waals surface area contributed by atoms with Crippen LogP contribution in [0, 0.1) is 0 Å². The maximum atomic E-state index is 9.64. The number of methoxy groups -OCH3 is 1. The molecular formula is C13H19NO4. The van der Waals surface area contributed by atoms with Crippen molar-refractivity contribution in [2.75, 3.05) is 33.5 Å². The van der Waals surface area contributed by atoms with Gasteiger partial charge in [0.2, 0.25) is 0 Å². The zero-order chi connectivity index (χ0) is 12.8. The third-order valence-corrected chi connectivity index (χ3v) is 2.83. The van der Waals surface area contributed by atoms with Crippen LogP contribution < -0.4 is 10.1 Å². The summed E-state index contributed by atoms with van der Waals surface area (Å²) in [6.07, 6.45) is 0.116. The van der Waals surface area contributed by atoms with Crippen LogP contribution in [0.25, 0.3) is 0 Å². The molecule has 2 N–H and O–H groups in total. The average Bonchev–Trinajstić information content (AvgIpc) is 2.40. The largest absolute Gasteiger partial charge is 0.504 e. The van der Waals surface area contributed by atoms with Gasteiger partial charge in [0.05, 0.1) is 33.0 Å². The summed E-state index contributed by atoms with van der Waals surface area (Å²) in [4.78, 5) is 0. The molecular weight excluding hydrogens is 234 g/mol. The van der Waals surface area contributed by atoms with E-state index in [1.807, 2.05) is 6.07 Å². The fourth-order valence-corrected chi connectivity index (χ4v) is 1.88. The average molecular weight is 253 g/mol. The molecule has 1 heterocycles. The van der Waals surface area contributed by atoms with E-state index in [0.717, 1.165) is 12.1 Å². The predicted octanol–water partition coefficient (Wildman–Crippen LogP) is 0.906. The predicted molar refractivity (Wildman–Crippen MR) is 66.9 cm³/mol. The molecule has 1 fully saturated rings. The molecule has 5 nitrogen and oxygen atoms in total. The number of nitrogens with one attached hydrogen (secondary N) is 1. The molecule has 0 radical (unpaired) electrons. The Kier molecular flexibility index (Phi) is 4.81. The Morgan fingerprint density at radius 1 is 1.44 bits per heavy atom. The van der Waals surface area contributed by atoms with Crippen LogP contribution in [-0.4, -0.2) is 44.7 Å². The molecule has 5 heteroatoms. The van der Waals surface area contributed by atoms with Crippen molar-refractivity contribution in [2.45, 2.75) is 12.6 Å². The van der Waals surface area contributed by atoms with Crippen LogP contribution in [0.3, 0.4) is 0 Å². The fraction of sp³-hybridized carbons (Fsp3) is 0.538. The standard InChI is InChI=1S/C13H19NO4/c1-16-13-3-2-10(6-12(13)15)7-14-8-11-9-17-4-5-18-11/h2-3,6,11,14-15H,4-5,7-9H2,1H3. The Labute approximate surface area is 107 Å². The van der Waals surface area contributed by atoms with Crippen molar-refractivity contribution in [3.8, 4) is 11.5 Å². The lowest BCUT2D eigenvalue weighted by Crippen LogP contribution is -2.37. The summed E-state index contributed by atoms with van der Waals surface area (Å²) < 4.78 is 15.8. The van der Waals surface area contributed by atoms with Crippen molar-refractivity contribution in [3.63, 3.8) is 0 Å². The van der Waals surface area contributed by atoms with E-state index in [0.29, 0.717) is 32.1 Å². The number of hydrogen-bond donors (Lipinski definition) is 2. The molecule has 1 unspecified atom stereocenters. The van der Waals surface area contributed by atoms with Crippen LogP contribution in [0.2, 0.25) is 0 Å². The smallest absolute Gasteiger partial charge is 0.160 e. The van der Waals surface area contributed by atoms with Gasteiger partial charge in [0.1, 0.15) is 0 Å². The second-order valence-electron chi connectivity index (χ2n) is 4.20. The van der Waals surface area contributed by atoms with Crippen molar-refractivity contribution in [1.82, 2.24) is 5.32 Å². The van der Waals surface area contributed by atoms with Gasteiger partial charge in [-0.1, -0.05) is 6.07 Å². The van der Waals surface area contributed by atoms with Crippen LogP contribution in [0.5, 0.6) is 11.5 Å². The van der Waals surface area contributed by atoms with E-state index in [1.54, 1.807) is 12.1 Å². The molecule has 1 aromatic carbocycles. The first-order valence-electron chi connectivity index (χ1n) is 6.05. The first-order chi connectivity index (χ1) is 8.79. The van der Waals surface area contributed by atoms with Crippen molar-refractivity contribution < 1.29 is 19.3 Å². The van der Waals surface area contributed by atoms with Gasteiger partial charge in [-0.15, -0.1) is 0 Å². The topological polar surface area (TPSA) is 60.0 Å². The molecule has 100 valence electrons. The van der Waals surface area contributed by atoms with Crippen LogP contribution in [0.15, 0.2) is 18.2 Å². The second kappa shape index (κ2) is 6.58. The molecule has 0 spiro atoms. The highest BCUT2D eigenvalue weighted by Crippen LogP contribution is 2.25. The zero-order valence-corrected chi connectivity index (χ0v) is 10.5. The van der Waals surface area contributed by atoms with E-state index in [9.17, 15) is 5.11 Å². The minimum Gasteiger partial charge on any atom is -0.504 e. The first-order valence-corrected chi connectivity index (χ1v) is 6.05. The SMILES string of the molecule is COc1ccc(CNCC2COCCO2)cc1O. The number of rotatable bonds is 5. The summed E-state index contributed by atoms with van der Waals surface area (Å²) in [5.74, 6) is 0.650. The fourth-order valence-electron chi connectivity index (χ4n) is 1.88. The molecule has 0 aliphatic carbocycles. The Bertz CT molecular complexity index is 377. The molecule has 1 aliphatic heterocycles. The van der Waals surface area contributed by atoms with Gasteiger partial charge < -0.3 is 24.6 Å². The van der Waals surface area contributed by atoms with Crippen LogP contribution in [-0.2, 0) is 16.0 Å². The van der Waals surface area contributed by atoms with Crippen LogP contribution in [0.1, 0.15) is 5.56 Å². The number of ether oxygens (including phenoxy) is 3. The Morgan fingerprint density at radius 3 is 3.00 bits per heavy atom. The van der Waals surface area contributed by atoms with Gasteiger partial charge in [0.25, 0.3) is 0 Å². The minimum atomic E-state index is 0.116. The molecule has 0 aromatic heterocycles. The molecule has 0 amide bonds. The van der Waals surface area contributed by atoms with Gasteiger partial charge in [-0.2, -0.15) is 0 Å². The van der Waals surface area contributed by atoms with Crippen LogP contribution >= 0.6 is 0 Å². The van der Waals surface area contributed by atoms with Gasteiger partial charge in [-0.25, -0.2) is 0 Å². The molecule has 1 aliphatic rings. The lowest BCUT2D eigenvalue weighted by molar-refractivity contribution is -0.0864. The van der Waals surface area contributed by atoms with Gasteiger partial charge in [-0.3, -0.25) is 0 Å². The van der Waals surface area contributed by atoms with Crippen molar-refractivity contribution in [3.05, 3.63) is 23.8 Å². The van der Waals surface area contributed by atoms with E-state index in [-0.39, 0.29) is 11.9 Å². The highest BCUT2D eigenvalue weighted by atomic mass is 16.6. The van der Waals surface area contributed by atoms with Crippen molar-refractivity contribution in [1.29, 1.82) is 0 Å². The Balaban J connectivity index is 1.77. The zero-order valence-electron chi connectivity index (χ0n) is 10.5. The molecule has 0 saturated carbocycles. The van der Waals surface area contributed by atoms with Gasteiger partial charge in [-0.05, 0) is 17.7 Å². The lowest BCUT2D eigenvalue weighted by Gasteiger charge is -2.23. The monoisotopic (exact) mass is 253 g/mol. The third-order valence-electron chi connectivity index (χ3n) is 2.83. The number of phenols is 1. The highest BCUT2D eigenvalue weighted by molar-refractivity contribution is 5.41. The van der Waals surface area contributed by atoms with E-state index in [1.165, 1.54) is 7.11 Å². The quantitative estimate of drug-likeness (QED) is 0.816. The number of hydrogen-bond acceptors (Lipinski definition) is 5. The Hall–Kier alpha value is -1.30. The first kappa shape index (κ1) is 13.1. The summed E-state index contributed by atoms with van der Waals surface area (Å²) in [7, 11) is 1.54. The minimum absolute atomic E-state index is 0.116. The maximum absolute atomic E-state index is 9.64. The number of phenolic OH excluding ortho intramolecular Hbond substituents is 1. The second-order valence-corrected chi connectivity index (χ2v) is 4.20. The Morgan fingerprint density at radius 2 is 2.33 bits per heavy atom. The van der Waals surface area contributed by atoms with E-state index in [4.69, 9.17) is 14.2 Å². The van der Waals surface area contributed by atoms with Crippen molar-refractivity contribution in [2.24, 2.45) is 0 Å². The molecule has 1 aromatic rings. The molecule has 1 atom stereocenters. The molecule has 0 bridgehead atoms. The van der Waals surface area contributed by atoms with E-state index < -0.39 is 0 Å². The van der Waals surface area contributed by atoms with Gasteiger partial charge in [0.15, 0.2) is 11.5 Å². The van der Waals surface area contributed by atoms with E-state index in [2.05, 4.69) is 5.32 Å². The summed E-state index contributed by atoms with van der Waals surface area (Å²) in [5.41, 5.74) is 1.00. The summed E-state index contributed by atoms with van der Waals surface area (Å²) in [6, 6.07) is 5.38.